The van der Waals surface area contributed by atoms with Crippen molar-refractivity contribution in [1.82, 2.24) is 0 Å². The zero-order chi connectivity index (χ0) is 30.8. The van der Waals surface area contributed by atoms with Crippen molar-refractivity contribution in [3.05, 3.63) is 62.3 Å². The third-order valence-electron chi connectivity index (χ3n) is 8.93. The number of ether oxygens (including phenoxy) is 2. The predicted octanol–water partition coefficient (Wildman–Crippen LogP) is 4.97. The van der Waals surface area contributed by atoms with Crippen molar-refractivity contribution in [3.63, 3.8) is 0 Å². The van der Waals surface area contributed by atoms with E-state index in [1.165, 1.54) is 27.7 Å². The van der Waals surface area contributed by atoms with Crippen LogP contribution in [0.15, 0.2) is 53.1 Å². The first-order valence-electron chi connectivity index (χ1n) is 15.1. The molecule has 2 fully saturated rings. The Morgan fingerprint density at radius 2 is 1.91 bits per heavy atom. The van der Waals surface area contributed by atoms with Crippen LogP contribution in [-0.2, 0) is 14.3 Å². The second kappa shape index (κ2) is 13.5. The first-order chi connectivity index (χ1) is 20.7. The predicted molar refractivity (Wildman–Crippen MR) is 175 cm³/mol. The molecule has 2 heterocycles. The van der Waals surface area contributed by atoms with Crippen LogP contribution in [0, 0.1) is 21.3 Å². The summed E-state index contributed by atoms with van der Waals surface area (Å²) in [6.45, 7) is 4.71. The molecule has 0 spiro atoms. The van der Waals surface area contributed by atoms with Gasteiger partial charge in [0.05, 0.1) is 40.9 Å². The number of carbonyl (C=O) groups excluding carboxylic acids is 2. The number of hydrogen-bond donors (Lipinski definition) is 3. The van der Waals surface area contributed by atoms with Crippen molar-refractivity contribution >= 4 is 58.7 Å². The lowest BCUT2D eigenvalue weighted by Crippen LogP contribution is -2.35. The first-order valence-corrected chi connectivity index (χ1v) is 16.2. The lowest BCUT2D eigenvalue weighted by molar-refractivity contribution is -0.122. The highest BCUT2D eigenvalue weighted by molar-refractivity contribution is 14.1. The highest BCUT2D eigenvalue weighted by Gasteiger charge is 2.57. The molecule has 5 rings (SSSR count). The largest absolute Gasteiger partial charge is 0.504 e. The standard InChI is InChI=1S/C33H39BINO7/c1-4-7-19(13-20-14-26(35)31(37)28(15-20)42-3)11-12-27-29-21(8-5-2)16-24-30(25(29)18-43-27)33(39)36(32(24)38)23-10-6-9-22(17-23)34(40)41/h6,9-10,13-15,17,24-25,27,30,37,40-41H,4-5,7-8,11-12,16,18H2,1-3H3/b19-13+/t24-,25+,27-,30-/m1/s1. The van der Waals surface area contributed by atoms with E-state index in [9.17, 15) is 24.7 Å². The number of phenols is 1. The summed E-state index contributed by atoms with van der Waals surface area (Å²) < 4.78 is 12.5. The third kappa shape index (κ3) is 6.29. The number of halogens is 1. The fourth-order valence-corrected chi connectivity index (χ4v) is 7.69. The monoisotopic (exact) mass is 699 g/mol. The van der Waals surface area contributed by atoms with Gasteiger partial charge < -0.3 is 24.6 Å². The Hall–Kier alpha value is -2.67. The molecule has 0 saturated carbocycles. The number of benzene rings is 2. The van der Waals surface area contributed by atoms with Gasteiger partial charge in [-0.3, -0.25) is 14.5 Å². The number of anilines is 1. The summed E-state index contributed by atoms with van der Waals surface area (Å²) in [4.78, 5) is 28.8. The zero-order valence-corrected chi connectivity index (χ0v) is 27.0. The summed E-state index contributed by atoms with van der Waals surface area (Å²) in [5, 5.41) is 29.6. The highest BCUT2D eigenvalue weighted by atomic mass is 127. The molecule has 2 aromatic carbocycles. The van der Waals surface area contributed by atoms with Gasteiger partial charge in [-0.25, -0.2) is 0 Å². The number of imide groups is 1. The van der Waals surface area contributed by atoms with E-state index in [-0.39, 0.29) is 35.0 Å². The van der Waals surface area contributed by atoms with E-state index in [4.69, 9.17) is 9.47 Å². The Bertz CT molecular complexity index is 1450. The molecule has 0 unspecified atom stereocenters. The summed E-state index contributed by atoms with van der Waals surface area (Å²) >= 11 is 2.11. The molecule has 2 amide bonds. The lowest BCUT2D eigenvalue weighted by atomic mass is 9.68. The number of allylic oxidation sites excluding steroid dienone is 2. The second-order valence-electron chi connectivity index (χ2n) is 11.7. The number of aromatic hydroxyl groups is 1. The van der Waals surface area contributed by atoms with Gasteiger partial charge in [0.2, 0.25) is 11.8 Å². The smallest absolute Gasteiger partial charge is 0.488 e. The van der Waals surface area contributed by atoms with Gasteiger partial charge in [0.15, 0.2) is 11.5 Å². The number of fused-ring (bicyclic) bond motifs is 3. The average Bonchev–Trinajstić information content (AvgIpc) is 3.52. The van der Waals surface area contributed by atoms with E-state index in [1.807, 2.05) is 12.1 Å². The third-order valence-corrected chi connectivity index (χ3v) is 9.75. The molecule has 1 aliphatic carbocycles. The van der Waals surface area contributed by atoms with Gasteiger partial charge in [0, 0.05) is 5.92 Å². The van der Waals surface area contributed by atoms with E-state index >= 15 is 0 Å². The molecule has 4 atom stereocenters. The van der Waals surface area contributed by atoms with Gasteiger partial charge in [-0.15, -0.1) is 0 Å². The molecular weight excluding hydrogens is 660 g/mol. The van der Waals surface area contributed by atoms with Crippen LogP contribution in [0.3, 0.4) is 0 Å². The topological polar surface area (TPSA) is 117 Å². The Balaban J connectivity index is 1.39. The maximum atomic E-state index is 13.9. The van der Waals surface area contributed by atoms with Crippen molar-refractivity contribution in [2.45, 2.75) is 64.9 Å². The number of hydrogen-bond acceptors (Lipinski definition) is 7. The molecular formula is C33H39BINO7. The molecule has 0 bridgehead atoms. The summed E-state index contributed by atoms with van der Waals surface area (Å²) in [7, 11) is -0.136. The number of phenolic OH excluding ortho intramolecular Hbond substituents is 1. The molecule has 10 heteroatoms. The van der Waals surface area contributed by atoms with Crippen LogP contribution in [0.1, 0.15) is 64.4 Å². The van der Waals surface area contributed by atoms with Gasteiger partial charge >= 0.3 is 7.12 Å². The molecule has 0 radical (unpaired) electrons. The fraction of sp³-hybridized carbons (Fsp3) is 0.455. The van der Waals surface area contributed by atoms with Crippen molar-refractivity contribution in [3.8, 4) is 11.5 Å². The maximum absolute atomic E-state index is 13.9. The van der Waals surface area contributed by atoms with Crippen molar-refractivity contribution in [2.24, 2.45) is 17.8 Å². The molecule has 2 aromatic rings. The van der Waals surface area contributed by atoms with Crippen LogP contribution in [-0.4, -0.2) is 53.9 Å². The van der Waals surface area contributed by atoms with E-state index in [2.05, 4.69) is 42.5 Å². The normalized spacial score (nSPS) is 23.6. The first kappa shape index (κ1) is 31.8. The zero-order valence-electron chi connectivity index (χ0n) is 24.9. The minimum absolute atomic E-state index is 0.105. The SMILES string of the molecule is CCCC1=C2[C@@H](CC/C(=C/c3cc(I)c(O)c(OC)c3)CCC)OC[C@@H]2[C@@H]2C(=O)N(c3cccc(B(O)O)c3)C(=O)[C@@H]2C1. The van der Waals surface area contributed by atoms with Crippen LogP contribution >= 0.6 is 22.6 Å². The Morgan fingerprint density at radius 3 is 2.60 bits per heavy atom. The highest BCUT2D eigenvalue weighted by Crippen LogP contribution is 2.51. The van der Waals surface area contributed by atoms with Gasteiger partial charge in [-0.2, -0.15) is 0 Å². The number of amides is 2. The van der Waals surface area contributed by atoms with Gasteiger partial charge in [0.25, 0.3) is 0 Å². The molecule has 228 valence electrons. The number of carbonyl (C=O) groups is 2. The van der Waals surface area contributed by atoms with Gasteiger partial charge in [0.1, 0.15) is 0 Å². The summed E-state index contributed by atoms with van der Waals surface area (Å²) in [6.07, 6.45) is 7.99. The Morgan fingerprint density at radius 1 is 1.12 bits per heavy atom. The maximum Gasteiger partial charge on any atom is 0.488 e. The molecule has 0 aromatic heterocycles. The Kier molecular flexibility index (Phi) is 10.00. The minimum Gasteiger partial charge on any atom is -0.504 e. The van der Waals surface area contributed by atoms with Crippen molar-refractivity contribution in [1.29, 1.82) is 0 Å². The molecule has 3 aliphatic rings. The second-order valence-corrected chi connectivity index (χ2v) is 12.9. The van der Waals surface area contributed by atoms with E-state index in [0.29, 0.717) is 24.5 Å². The van der Waals surface area contributed by atoms with E-state index in [1.54, 1.807) is 25.3 Å². The number of nitrogens with zero attached hydrogens (tertiary/aromatic N) is 1. The summed E-state index contributed by atoms with van der Waals surface area (Å²) in [5.74, 6) is -0.910. The average molecular weight is 699 g/mol. The van der Waals surface area contributed by atoms with Crippen LogP contribution < -0.4 is 15.1 Å². The lowest BCUT2D eigenvalue weighted by Gasteiger charge is -2.32. The van der Waals surface area contributed by atoms with E-state index < -0.39 is 19.0 Å². The van der Waals surface area contributed by atoms with Crippen LogP contribution in [0.2, 0.25) is 0 Å². The molecule has 43 heavy (non-hydrogen) atoms. The Labute approximate surface area is 267 Å². The minimum atomic E-state index is -1.69. The number of rotatable bonds is 11. The summed E-state index contributed by atoms with van der Waals surface area (Å²) in [6, 6.07) is 10.2. The fourth-order valence-electron chi connectivity index (χ4n) is 7.07. The molecule has 2 saturated heterocycles. The van der Waals surface area contributed by atoms with Gasteiger partial charge in [-0.05, 0) is 95.6 Å². The van der Waals surface area contributed by atoms with E-state index in [0.717, 1.165) is 47.7 Å². The van der Waals surface area contributed by atoms with Crippen molar-refractivity contribution in [2.75, 3.05) is 18.6 Å². The van der Waals surface area contributed by atoms with Gasteiger partial charge in [-0.1, -0.05) is 56.0 Å². The molecule has 2 aliphatic heterocycles. The van der Waals surface area contributed by atoms with Crippen LogP contribution in [0.25, 0.3) is 6.08 Å². The quantitative estimate of drug-likeness (QED) is 0.131. The summed E-state index contributed by atoms with van der Waals surface area (Å²) in [5.41, 5.74) is 5.33. The molecule has 3 N–H and O–H groups in total. The number of methoxy groups -OCH3 is 1. The van der Waals surface area contributed by atoms with Crippen LogP contribution in [0.4, 0.5) is 5.69 Å². The molecule has 8 nitrogen and oxygen atoms in total. The van der Waals surface area contributed by atoms with Crippen LogP contribution in [0.5, 0.6) is 11.5 Å². The van der Waals surface area contributed by atoms with Crippen molar-refractivity contribution < 1.29 is 34.2 Å².